The number of piperidine rings is 1. The molecule has 1 aromatic heterocycles. The highest BCUT2D eigenvalue weighted by molar-refractivity contribution is 5.68. The number of aryl methyl sites for hydroxylation is 1. The lowest BCUT2D eigenvalue weighted by Crippen LogP contribution is -2.38. The zero-order chi connectivity index (χ0) is 13.8. The third-order valence-electron chi connectivity index (χ3n) is 3.06. The van der Waals surface area contributed by atoms with Gasteiger partial charge in [-0.2, -0.15) is 0 Å². The maximum Gasteiger partial charge on any atom is 0.329 e. The highest BCUT2D eigenvalue weighted by Gasteiger charge is 2.21. The number of hydrogen-bond donors (Lipinski definition) is 2. The molecule has 0 unspecified atom stereocenters. The van der Waals surface area contributed by atoms with E-state index < -0.39 is 5.97 Å². The third-order valence-corrected chi connectivity index (χ3v) is 3.06. The number of carboxylic acid groups (broad SMARTS) is 1. The average Bonchev–Trinajstić information content (AvgIpc) is 2.36. The number of aromatic amines is 1. The van der Waals surface area contributed by atoms with Crippen LogP contribution in [0.1, 0.15) is 18.7 Å². The van der Waals surface area contributed by atoms with Crippen molar-refractivity contribution in [2.45, 2.75) is 25.9 Å². The first-order valence-electron chi connectivity index (χ1n) is 6.21. The largest absolute Gasteiger partial charge is 0.480 e. The Morgan fingerprint density at radius 2 is 2.26 bits per heavy atom. The number of hydrogen-bond acceptors (Lipinski definition) is 5. The van der Waals surface area contributed by atoms with Gasteiger partial charge in [0.05, 0.1) is 6.10 Å². The van der Waals surface area contributed by atoms with Crippen molar-refractivity contribution in [3.8, 4) is 0 Å². The normalized spacial score (nSPS) is 16.6. The van der Waals surface area contributed by atoms with Crippen LogP contribution in [0, 0.1) is 6.92 Å². The molecule has 1 aliphatic heterocycles. The zero-order valence-electron chi connectivity index (χ0n) is 10.8. The lowest BCUT2D eigenvalue weighted by molar-refractivity contribution is -0.144. The lowest BCUT2D eigenvalue weighted by Gasteiger charge is -2.32. The fourth-order valence-corrected chi connectivity index (χ4v) is 2.17. The van der Waals surface area contributed by atoms with Crippen molar-refractivity contribution in [1.82, 2.24) is 9.97 Å². The van der Waals surface area contributed by atoms with Crippen molar-refractivity contribution in [2.24, 2.45) is 0 Å². The Balaban J connectivity index is 1.92. The molecule has 0 radical (unpaired) electrons. The number of carboxylic acids is 1. The third kappa shape index (κ3) is 3.78. The first kappa shape index (κ1) is 13.5. The van der Waals surface area contributed by atoms with E-state index in [1.807, 2.05) is 4.90 Å². The van der Waals surface area contributed by atoms with Crippen LogP contribution in [0.25, 0.3) is 0 Å². The molecule has 0 atom stereocenters. The average molecular weight is 267 g/mol. The van der Waals surface area contributed by atoms with Crippen LogP contribution in [-0.4, -0.2) is 46.8 Å². The van der Waals surface area contributed by atoms with E-state index in [0.29, 0.717) is 24.7 Å². The molecule has 1 aliphatic rings. The second kappa shape index (κ2) is 5.83. The quantitative estimate of drug-likeness (QED) is 0.806. The highest BCUT2D eigenvalue weighted by Crippen LogP contribution is 2.18. The summed E-state index contributed by atoms with van der Waals surface area (Å²) < 4.78 is 5.26. The van der Waals surface area contributed by atoms with Crippen molar-refractivity contribution >= 4 is 11.8 Å². The predicted molar refractivity (Wildman–Crippen MR) is 68.4 cm³/mol. The minimum Gasteiger partial charge on any atom is -0.480 e. The maximum absolute atomic E-state index is 11.4. The van der Waals surface area contributed by atoms with Crippen molar-refractivity contribution in [3.05, 3.63) is 22.2 Å². The molecule has 19 heavy (non-hydrogen) atoms. The molecule has 0 aliphatic carbocycles. The van der Waals surface area contributed by atoms with E-state index >= 15 is 0 Å². The van der Waals surface area contributed by atoms with E-state index in [0.717, 1.165) is 12.8 Å². The van der Waals surface area contributed by atoms with Gasteiger partial charge in [-0.25, -0.2) is 9.78 Å². The summed E-state index contributed by atoms with van der Waals surface area (Å²) in [5, 5.41) is 8.55. The predicted octanol–water partition coefficient (Wildman–Crippen LogP) is 0.148. The molecule has 1 fully saturated rings. The van der Waals surface area contributed by atoms with Crippen molar-refractivity contribution < 1.29 is 14.6 Å². The Morgan fingerprint density at radius 1 is 1.58 bits per heavy atom. The number of H-pyrrole nitrogens is 1. The van der Waals surface area contributed by atoms with Crippen LogP contribution < -0.4 is 10.5 Å². The number of anilines is 1. The Bertz CT molecular complexity index is 506. The molecule has 2 N–H and O–H groups in total. The van der Waals surface area contributed by atoms with E-state index in [-0.39, 0.29) is 18.3 Å². The number of aliphatic carboxylic acids is 1. The van der Waals surface area contributed by atoms with Crippen LogP contribution in [0.15, 0.2) is 10.9 Å². The first-order valence-corrected chi connectivity index (χ1v) is 6.21. The fourth-order valence-electron chi connectivity index (χ4n) is 2.17. The van der Waals surface area contributed by atoms with E-state index in [1.165, 1.54) is 6.07 Å². The molecule has 7 nitrogen and oxygen atoms in total. The minimum atomic E-state index is -0.950. The van der Waals surface area contributed by atoms with E-state index in [9.17, 15) is 9.59 Å². The first-order chi connectivity index (χ1) is 9.04. The van der Waals surface area contributed by atoms with Gasteiger partial charge in [0, 0.05) is 19.2 Å². The monoisotopic (exact) mass is 267 g/mol. The number of nitrogens with one attached hydrogen (secondary N) is 1. The molecule has 1 aromatic rings. The van der Waals surface area contributed by atoms with E-state index in [4.69, 9.17) is 9.84 Å². The fraction of sp³-hybridized carbons (Fsp3) is 0.583. The molecule has 0 aromatic carbocycles. The topological polar surface area (TPSA) is 95.5 Å². The van der Waals surface area contributed by atoms with Crippen LogP contribution in [0.2, 0.25) is 0 Å². The van der Waals surface area contributed by atoms with Gasteiger partial charge in [-0.15, -0.1) is 0 Å². The number of nitrogens with zero attached hydrogens (tertiary/aromatic N) is 2. The van der Waals surface area contributed by atoms with E-state index in [1.54, 1.807) is 6.92 Å². The Kier molecular flexibility index (Phi) is 4.16. The molecule has 2 rings (SSSR count). The molecule has 0 bridgehead atoms. The number of rotatable bonds is 4. The molecular weight excluding hydrogens is 250 g/mol. The highest BCUT2D eigenvalue weighted by atomic mass is 16.5. The zero-order valence-corrected chi connectivity index (χ0v) is 10.8. The Morgan fingerprint density at radius 3 is 2.84 bits per heavy atom. The molecule has 2 heterocycles. The van der Waals surface area contributed by atoms with Crippen LogP contribution in [0.4, 0.5) is 5.82 Å². The SMILES string of the molecule is Cc1nc(N2CCC(OCC(=O)O)CC2)cc(=O)[nH]1. The number of ether oxygens (including phenoxy) is 1. The van der Waals surface area contributed by atoms with Gasteiger partial charge >= 0.3 is 5.97 Å². The Labute approximate surface area is 110 Å². The summed E-state index contributed by atoms with van der Waals surface area (Å²) in [7, 11) is 0. The van der Waals surface area contributed by atoms with Crippen molar-refractivity contribution in [2.75, 3.05) is 24.6 Å². The number of carbonyl (C=O) groups is 1. The van der Waals surface area contributed by atoms with Crippen LogP contribution in [0.3, 0.4) is 0 Å². The molecular formula is C12H17N3O4. The summed E-state index contributed by atoms with van der Waals surface area (Å²) in [5.74, 6) is 0.305. The second-order valence-corrected chi connectivity index (χ2v) is 4.58. The van der Waals surface area contributed by atoms with Gasteiger partial charge in [-0.3, -0.25) is 4.79 Å². The van der Waals surface area contributed by atoms with Gasteiger partial charge in [0.15, 0.2) is 0 Å². The molecule has 0 amide bonds. The van der Waals surface area contributed by atoms with Crippen LogP contribution in [-0.2, 0) is 9.53 Å². The molecule has 104 valence electrons. The summed E-state index contributed by atoms with van der Waals surface area (Å²) in [6.45, 7) is 2.90. The van der Waals surface area contributed by atoms with Gasteiger partial charge in [0.2, 0.25) is 0 Å². The van der Waals surface area contributed by atoms with Crippen LogP contribution in [0.5, 0.6) is 0 Å². The molecule has 0 spiro atoms. The summed E-state index contributed by atoms with van der Waals surface area (Å²) in [5.41, 5.74) is -0.160. The minimum absolute atomic E-state index is 0.0320. The van der Waals surface area contributed by atoms with Crippen molar-refractivity contribution in [1.29, 1.82) is 0 Å². The number of aromatic nitrogens is 2. The van der Waals surface area contributed by atoms with Crippen molar-refractivity contribution in [3.63, 3.8) is 0 Å². The smallest absolute Gasteiger partial charge is 0.329 e. The summed E-state index contributed by atoms with van der Waals surface area (Å²) in [4.78, 5) is 30.7. The summed E-state index contributed by atoms with van der Waals surface area (Å²) in [6.07, 6.45) is 1.44. The van der Waals surface area contributed by atoms with Gasteiger partial charge in [0.25, 0.3) is 5.56 Å². The Hall–Kier alpha value is -1.89. The van der Waals surface area contributed by atoms with Crippen LogP contribution >= 0.6 is 0 Å². The van der Waals surface area contributed by atoms with Gasteiger partial charge in [-0.1, -0.05) is 0 Å². The van der Waals surface area contributed by atoms with E-state index in [2.05, 4.69) is 9.97 Å². The maximum atomic E-state index is 11.4. The van der Waals surface area contributed by atoms with Gasteiger partial charge in [0.1, 0.15) is 18.2 Å². The molecule has 7 heteroatoms. The standard InChI is InChI=1S/C12H17N3O4/c1-8-13-10(6-11(16)14-8)15-4-2-9(3-5-15)19-7-12(17)18/h6,9H,2-5,7H2,1H3,(H,17,18)(H,13,14,16). The molecule has 1 saturated heterocycles. The van der Waals surface area contributed by atoms with Gasteiger partial charge in [-0.05, 0) is 19.8 Å². The van der Waals surface area contributed by atoms with Gasteiger partial charge < -0.3 is 19.7 Å². The molecule has 0 saturated carbocycles. The summed E-state index contributed by atoms with van der Waals surface area (Å²) in [6, 6.07) is 1.48. The lowest BCUT2D eigenvalue weighted by atomic mass is 10.1. The second-order valence-electron chi connectivity index (χ2n) is 4.58. The summed E-state index contributed by atoms with van der Waals surface area (Å²) >= 11 is 0.